The third kappa shape index (κ3) is 6.86. The van der Waals surface area contributed by atoms with Gasteiger partial charge in [0, 0.05) is 24.2 Å². The number of methoxy groups -OCH3 is 2. The molecule has 5 N–H and O–H groups in total. The zero-order valence-electron chi connectivity index (χ0n) is 15.9. The second kappa shape index (κ2) is 10.8. The number of nitrogens with zero attached hydrogens (tertiary/aromatic N) is 1. The molecule has 1 atom stereocenters. The highest BCUT2D eigenvalue weighted by atomic mass is 32.1. The van der Waals surface area contributed by atoms with E-state index >= 15 is 0 Å². The van der Waals surface area contributed by atoms with E-state index in [0.717, 1.165) is 0 Å². The van der Waals surface area contributed by atoms with E-state index in [-0.39, 0.29) is 23.4 Å². The number of rotatable bonds is 6. The molecule has 0 saturated heterocycles. The molecule has 1 heterocycles. The molecule has 0 spiro atoms. The fourth-order valence-electron chi connectivity index (χ4n) is 2.22. The molecule has 13 heteroatoms. The largest absolute Gasteiger partial charge is 0.497 e. The number of ether oxygens (including phenoxy) is 2. The summed E-state index contributed by atoms with van der Waals surface area (Å²) in [6, 6.07) is 6.64. The summed E-state index contributed by atoms with van der Waals surface area (Å²) in [6.45, 7) is 0.247. The van der Waals surface area contributed by atoms with Crippen LogP contribution >= 0.6 is 12.2 Å². The Morgan fingerprint density at radius 3 is 2.37 bits per heavy atom. The lowest BCUT2D eigenvalue weighted by Crippen LogP contribution is -2.27. The number of hydrogen-bond acceptors (Lipinski definition) is 7. The molecule has 2 aromatic rings. The first-order valence-corrected chi connectivity index (χ1v) is 8.60. The number of carbonyl (C=O) groups is 1. The standard InChI is InChI=1S/C15H19N3O4S.C2HF3O2/c1-21-10-3-4-11(13(5-10)22-2)12-6-14(20)17-15(23)18(12)8-9(19)7-16;3-2(4,5)1(6)7/h3-6,9,19H,7-8,16H2,1-2H3,(H,17,20,23);(H,6,7)/t9-;/m0./s1. The van der Waals surface area contributed by atoms with Gasteiger partial charge in [0.15, 0.2) is 4.77 Å². The number of aliphatic hydroxyl groups excluding tert-OH is 1. The number of aromatic nitrogens is 2. The molecule has 1 aromatic carbocycles. The molecule has 0 amide bonds. The fraction of sp³-hybridized carbons (Fsp3) is 0.353. The number of halogens is 3. The minimum Gasteiger partial charge on any atom is -0.497 e. The maximum atomic E-state index is 11.8. The van der Waals surface area contributed by atoms with Crippen LogP contribution in [0.3, 0.4) is 0 Å². The van der Waals surface area contributed by atoms with E-state index in [1.807, 2.05) is 0 Å². The third-order valence-corrected chi connectivity index (χ3v) is 3.95. The van der Waals surface area contributed by atoms with Crippen molar-refractivity contribution in [1.29, 1.82) is 0 Å². The first-order chi connectivity index (χ1) is 13.9. The smallest absolute Gasteiger partial charge is 0.490 e. The van der Waals surface area contributed by atoms with Crippen molar-refractivity contribution < 1.29 is 37.7 Å². The van der Waals surface area contributed by atoms with Gasteiger partial charge in [-0.2, -0.15) is 13.2 Å². The van der Waals surface area contributed by atoms with Crippen molar-refractivity contribution in [2.75, 3.05) is 20.8 Å². The highest BCUT2D eigenvalue weighted by molar-refractivity contribution is 7.71. The summed E-state index contributed by atoms with van der Waals surface area (Å²) in [6.07, 6.45) is -5.87. The Hall–Kier alpha value is -2.90. The van der Waals surface area contributed by atoms with E-state index in [1.54, 1.807) is 29.9 Å². The minimum absolute atomic E-state index is 0.0834. The summed E-state index contributed by atoms with van der Waals surface area (Å²) in [5.41, 5.74) is 6.33. The number of aliphatic carboxylic acids is 1. The minimum atomic E-state index is -5.08. The Bertz CT molecular complexity index is 990. The summed E-state index contributed by atoms with van der Waals surface area (Å²) >= 11 is 5.21. The summed E-state index contributed by atoms with van der Waals surface area (Å²) in [5, 5.41) is 17.0. The van der Waals surface area contributed by atoms with Crippen molar-refractivity contribution in [2.45, 2.75) is 18.8 Å². The number of carboxylic acids is 1. The molecule has 2 rings (SSSR count). The molecule has 166 valence electrons. The predicted molar refractivity (Wildman–Crippen MR) is 103 cm³/mol. The zero-order valence-corrected chi connectivity index (χ0v) is 16.7. The molecule has 0 fully saturated rings. The second-order valence-electron chi connectivity index (χ2n) is 5.69. The van der Waals surface area contributed by atoms with E-state index in [1.165, 1.54) is 13.2 Å². The van der Waals surface area contributed by atoms with Crippen LogP contribution in [0.25, 0.3) is 11.3 Å². The summed E-state index contributed by atoms with van der Waals surface area (Å²) in [4.78, 5) is 23.3. The number of nitrogens with one attached hydrogen (secondary N) is 1. The Labute approximate surface area is 173 Å². The van der Waals surface area contributed by atoms with Crippen LogP contribution in [0.2, 0.25) is 0 Å². The quantitative estimate of drug-likeness (QED) is 0.485. The summed E-state index contributed by atoms with van der Waals surface area (Å²) in [7, 11) is 3.08. The molecule has 0 unspecified atom stereocenters. The SMILES string of the molecule is COc1ccc(-c2cc(=O)[nH]c(=S)n2C[C@@H](O)CN)c(OC)c1.O=C(O)C(F)(F)F. The van der Waals surface area contributed by atoms with Crippen LogP contribution in [0.5, 0.6) is 11.5 Å². The van der Waals surface area contributed by atoms with Crippen molar-refractivity contribution in [3.05, 3.63) is 39.4 Å². The van der Waals surface area contributed by atoms with Crippen LogP contribution in [0.4, 0.5) is 13.2 Å². The highest BCUT2D eigenvalue weighted by Crippen LogP contribution is 2.32. The normalized spacial score (nSPS) is 11.8. The number of hydrogen-bond donors (Lipinski definition) is 4. The van der Waals surface area contributed by atoms with E-state index in [4.69, 9.17) is 37.3 Å². The van der Waals surface area contributed by atoms with Crippen LogP contribution in [0.15, 0.2) is 29.1 Å². The molecule has 0 aliphatic carbocycles. The van der Waals surface area contributed by atoms with Crippen molar-refractivity contribution >= 4 is 18.2 Å². The van der Waals surface area contributed by atoms with Gasteiger partial charge in [-0.15, -0.1) is 0 Å². The van der Waals surface area contributed by atoms with Gasteiger partial charge in [0.2, 0.25) is 0 Å². The average molecular weight is 451 g/mol. The van der Waals surface area contributed by atoms with Gasteiger partial charge in [0.25, 0.3) is 5.56 Å². The number of nitrogens with two attached hydrogens (primary N) is 1. The van der Waals surface area contributed by atoms with E-state index in [2.05, 4.69) is 4.98 Å². The molecule has 0 radical (unpaired) electrons. The number of carboxylic acid groups (broad SMARTS) is 1. The number of alkyl halides is 3. The van der Waals surface area contributed by atoms with Crippen LogP contribution in [0, 0.1) is 4.77 Å². The molecule has 30 heavy (non-hydrogen) atoms. The van der Waals surface area contributed by atoms with E-state index in [0.29, 0.717) is 22.8 Å². The molecule has 0 bridgehead atoms. The van der Waals surface area contributed by atoms with Gasteiger partial charge in [-0.25, -0.2) is 4.79 Å². The highest BCUT2D eigenvalue weighted by Gasteiger charge is 2.38. The zero-order chi connectivity index (χ0) is 23.1. The van der Waals surface area contributed by atoms with Gasteiger partial charge in [-0.3, -0.25) is 9.78 Å². The maximum Gasteiger partial charge on any atom is 0.490 e. The second-order valence-corrected chi connectivity index (χ2v) is 6.08. The van der Waals surface area contributed by atoms with Crippen molar-refractivity contribution in [3.8, 4) is 22.8 Å². The Kier molecular flexibility index (Phi) is 9.01. The molecule has 1 aromatic heterocycles. The lowest BCUT2D eigenvalue weighted by molar-refractivity contribution is -0.192. The Balaban J connectivity index is 0.000000553. The maximum absolute atomic E-state index is 11.8. The average Bonchev–Trinajstić information content (AvgIpc) is 2.68. The van der Waals surface area contributed by atoms with Crippen LogP contribution in [-0.2, 0) is 11.3 Å². The lowest BCUT2D eigenvalue weighted by Gasteiger charge is -2.18. The molecular weight excluding hydrogens is 431 g/mol. The van der Waals surface area contributed by atoms with Gasteiger partial charge in [0.05, 0.1) is 32.6 Å². The van der Waals surface area contributed by atoms with Crippen LogP contribution in [0.1, 0.15) is 0 Å². The van der Waals surface area contributed by atoms with Gasteiger partial charge in [-0.05, 0) is 24.4 Å². The fourth-order valence-corrected chi connectivity index (χ4v) is 2.49. The van der Waals surface area contributed by atoms with Crippen LogP contribution in [-0.4, -0.2) is 58.8 Å². The van der Waals surface area contributed by atoms with Crippen molar-refractivity contribution in [3.63, 3.8) is 0 Å². The number of aliphatic hydroxyl groups is 1. The van der Waals surface area contributed by atoms with Gasteiger partial charge >= 0.3 is 12.1 Å². The predicted octanol–water partition coefficient (Wildman–Crippen LogP) is 1.54. The first-order valence-electron chi connectivity index (χ1n) is 8.19. The van der Waals surface area contributed by atoms with E-state index < -0.39 is 18.2 Å². The summed E-state index contributed by atoms with van der Waals surface area (Å²) in [5.74, 6) is -1.60. The van der Waals surface area contributed by atoms with Crippen molar-refractivity contribution in [1.82, 2.24) is 9.55 Å². The van der Waals surface area contributed by atoms with Crippen LogP contribution < -0.4 is 20.8 Å². The molecule has 9 nitrogen and oxygen atoms in total. The van der Waals surface area contributed by atoms with Gasteiger partial charge < -0.3 is 30.0 Å². The number of H-pyrrole nitrogens is 1. The molecule has 0 saturated carbocycles. The van der Waals surface area contributed by atoms with Crippen molar-refractivity contribution in [2.24, 2.45) is 5.73 Å². The summed E-state index contributed by atoms with van der Waals surface area (Å²) < 4.78 is 44.1. The molecular formula is C17H20F3N3O6S. The Morgan fingerprint density at radius 1 is 1.30 bits per heavy atom. The van der Waals surface area contributed by atoms with Gasteiger partial charge in [-0.1, -0.05) is 0 Å². The first kappa shape index (κ1) is 25.1. The Morgan fingerprint density at radius 2 is 1.90 bits per heavy atom. The molecule has 0 aliphatic rings. The molecule has 0 aliphatic heterocycles. The number of benzene rings is 1. The topological polar surface area (TPSA) is 140 Å². The van der Waals surface area contributed by atoms with Gasteiger partial charge in [0.1, 0.15) is 11.5 Å². The lowest BCUT2D eigenvalue weighted by atomic mass is 10.1. The van der Waals surface area contributed by atoms with E-state index in [9.17, 15) is 23.1 Å². The monoisotopic (exact) mass is 451 g/mol. The number of aromatic amines is 1. The third-order valence-electron chi connectivity index (χ3n) is 3.63.